The van der Waals surface area contributed by atoms with Crippen LogP contribution in [0.25, 0.3) is 0 Å². The molecule has 0 unspecified atom stereocenters. The third kappa shape index (κ3) is 7.13. The molecule has 156 valence electrons. The first-order chi connectivity index (χ1) is 13.9. The van der Waals surface area contributed by atoms with E-state index in [-0.39, 0.29) is 6.61 Å². The summed E-state index contributed by atoms with van der Waals surface area (Å²) in [5.74, 6) is 0.860. The van der Waals surface area contributed by atoms with Gasteiger partial charge in [0.2, 0.25) is 0 Å². The van der Waals surface area contributed by atoms with E-state index in [2.05, 4.69) is 9.88 Å². The summed E-state index contributed by atoms with van der Waals surface area (Å²) in [4.78, 5) is 18.1. The Kier molecular flexibility index (Phi) is 7.20. The number of pyridine rings is 1. The molecule has 5 nitrogen and oxygen atoms in total. The number of carbonyl (C=O) groups excluding carboxylic acids is 1. The maximum absolute atomic E-state index is 13.8. The predicted molar refractivity (Wildman–Crippen MR) is 110 cm³/mol. The smallest absolute Gasteiger partial charge is 0.357 e. The van der Waals surface area contributed by atoms with Crippen LogP contribution in [0.4, 0.5) is 4.39 Å². The van der Waals surface area contributed by atoms with Gasteiger partial charge < -0.3 is 14.4 Å². The highest BCUT2D eigenvalue weighted by Crippen LogP contribution is 2.22. The number of alkyl halides is 1. The van der Waals surface area contributed by atoms with E-state index in [0.717, 1.165) is 37.2 Å². The molecule has 0 amide bonds. The van der Waals surface area contributed by atoms with Crippen molar-refractivity contribution in [2.75, 3.05) is 26.2 Å². The van der Waals surface area contributed by atoms with Crippen LogP contribution in [-0.2, 0) is 11.3 Å². The highest BCUT2D eigenvalue weighted by Gasteiger charge is 2.25. The Morgan fingerprint density at radius 3 is 2.52 bits per heavy atom. The van der Waals surface area contributed by atoms with Crippen molar-refractivity contribution in [1.29, 1.82) is 0 Å². The molecule has 3 rings (SSSR count). The Bertz CT molecular complexity index is 767. The Hall–Kier alpha value is -2.47. The number of ether oxygens (including phenoxy) is 2. The predicted octanol–water partition coefficient (Wildman–Crippen LogP) is 4.28. The molecule has 1 aliphatic rings. The Labute approximate surface area is 171 Å². The minimum Gasteiger partial charge on any atom is -0.493 e. The molecule has 0 radical (unpaired) electrons. The number of benzene rings is 1. The summed E-state index contributed by atoms with van der Waals surface area (Å²) < 4.78 is 25.0. The molecule has 1 saturated heterocycles. The van der Waals surface area contributed by atoms with E-state index in [1.807, 2.05) is 24.3 Å². The molecule has 2 aromatic rings. The first-order valence-electron chi connectivity index (χ1n) is 10.1. The number of esters is 1. The van der Waals surface area contributed by atoms with E-state index >= 15 is 0 Å². The van der Waals surface area contributed by atoms with Gasteiger partial charge in [-0.15, -0.1) is 0 Å². The summed E-state index contributed by atoms with van der Waals surface area (Å²) in [6, 6.07) is 12.7. The quantitative estimate of drug-likeness (QED) is 0.619. The van der Waals surface area contributed by atoms with Gasteiger partial charge in [-0.05, 0) is 75.5 Å². The summed E-state index contributed by atoms with van der Waals surface area (Å²) in [6.45, 7) is 6.45. The zero-order valence-corrected chi connectivity index (χ0v) is 17.1. The third-order valence-corrected chi connectivity index (χ3v) is 4.96. The summed E-state index contributed by atoms with van der Waals surface area (Å²) in [5.41, 5.74) is 0.0501. The zero-order chi connectivity index (χ0) is 20.7. The van der Waals surface area contributed by atoms with Crippen LogP contribution in [0, 0.1) is 5.92 Å². The lowest BCUT2D eigenvalue weighted by atomic mass is 9.97. The number of piperidine rings is 1. The summed E-state index contributed by atoms with van der Waals surface area (Å²) in [7, 11) is 0. The van der Waals surface area contributed by atoms with Gasteiger partial charge in [0.1, 0.15) is 23.7 Å². The van der Waals surface area contributed by atoms with Crippen LogP contribution >= 0.6 is 0 Å². The fraction of sp³-hybridized carbons (Fsp3) is 0.478. The largest absolute Gasteiger partial charge is 0.493 e. The van der Waals surface area contributed by atoms with Gasteiger partial charge in [0.05, 0.1) is 6.61 Å². The van der Waals surface area contributed by atoms with Crippen molar-refractivity contribution >= 4 is 5.97 Å². The lowest BCUT2D eigenvalue weighted by Gasteiger charge is -2.34. The molecule has 1 aliphatic heterocycles. The number of aromatic nitrogens is 1. The fourth-order valence-corrected chi connectivity index (χ4v) is 3.45. The molecule has 2 heterocycles. The van der Waals surface area contributed by atoms with Gasteiger partial charge in [-0.2, -0.15) is 0 Å². The number of hydrogen-bond acceptors (Lipinski definition) is 5. The first-order valence-corrected chi connectivity index (χ1v) is 10.1. The van der Waals surface area contributed by atoms with E-state index < -0.39 is 11.6 Å². The molecular weight excluding hydrogens is 371 g/mol. The van der Waals surface area contributed by atoms with Crippen molar-refractivity contribution in [3.8, 4) is 5.75 Å². The van der Waals surface area contributed by atoms with Crippen LogP contribution in [-0.4, -0.2) is 47.8 Å². The molecule has 1 aromatic heterocycles. The van der Waals surface area contributed by atoms with E-state index in [9.17, 15) is 9.18 Å². The van der Waals surface area contributed by atoms with Gasteiger partial charge in [0.25, 0.3) is 0 Å². The molecule has 29 heavy (non-hydrogen) atoms. The molecule has 0 spiro atoms. The van der Waals surface area contributed by atoms with E-state index in [1.54, 1.807) is 38.2 Å². The molecule has 0 N–H and O–H groups in total. The second-order valence-electron chi connectivity index (χ2n) is 8.18. The number of nitrogens with zero attached hydrogens (tertiary/aromatic N) is 2. The lowest BCUT2D eigenvalue weighted by molar-refractivity contribution is 0.0465. The highest BCUT2D eigenvalue weighted by atomic mass is 19.1. The third-order valence-electron chi connectivity index (χ3n) is 4.96. The van der Waals surface area contributed by atoms with Crippen LogP contribution < -0.4 is 4.74 Å². The first kappa shape index (κ1) is 21.2. The molecular formula is C23H29FN2O3. The van der Waals surface area contributed by atoms with Crippen molar-refractivity contribution in [2.24, 2.45) is 5.92 Å². The van der Waals surface area contributed by atoms with Gasteiger partial charge in [-0.1, -0.05) is 18.2 Å². The van der Waals surface area contributed by atoms with Gasteiger partial charge in [-0.3, -0.25) is 0 Å². The van der Waals surface area contributed by atoms with Crippen LogP contribution in [0.5, 0.6) is 5.75 Å². The SMILES string of the molecule is CC(C)(F)CN1CCC(COc2ccc(COC(=O)c3ccccn3)cc2)CC1. The number of carbonyl (C=O) groups is 1. The second kappa shape index (κ2) is 9.83. The van der Waals surface area contributed by atoms with Crippen molar-refractivity contribution in [3.63, 3.8) is 0 Å². The topological polar surface area (TPSA) is 51.7 Å². The van der Waals surface area contributed by atoms with Gasteiger partial charge >= 0.3 is 5.97 Å². The maximum Gasteiger partial charge on any atom is 0.357 e. The van der Waals surface area contributed by atoms with E-state index in [4.69, 9.17) is 9.47 Å². The van der Waals surface area contributed by atoms with Crippen molar-refractivity contribution in [2.45, 2.75) is 39.0 Å². The van der Waals surface area contributed by atoms with Crippen LogP contribution in [0.1, 0.15) is 42.7 Å². The van der Waals surface area contributed by atoms with Crippen LogP contribution in [0.15, 0.2) is 48.7 Å². The second-order valence-corrected chi connectivity index (χ2v) is 8.18. The fourth-order valence-electron chi connectivity index (χ4n) is 3.45. The van der Waals surface area contributed by atoms with E-state index in [0.29, 0.717) is 24.8 Å². The van der Waals surface area contributed by atoms with Crippen molar-refractivity contribution < 1.29 is 18.7 Å². The summed E-state index contributed by atoms with van der Waals surface area (Å²) in [6.07, 6.45) is 3.61. The molecule has 6 heteroatoms. The molecule has 1 fully saturated rings. The standard InChI is InChI=1S/C23H29FN2O3/c1-23(2,24)17-26-13-10-19(11-14-26)15-28-20-8-6-18(7-9-20)16-29-22(27)21-5-3-4-12-25-21/h3-9,12,19H,10-11,13-17H2,1-2H3. The average molecular weight is 400 g/mol. The number of hydrogen-bond donors (Lipinski definition) is 0. The zero-order valence-electron chi connectivity index (χ0n) is 17.1. The Balaban J connectivity index is 1.38. The number of halogens is 1. The monoisotopic (exact) mass is 400 g/mol. The van der Waals surface area contributed by atoms with Crippen LogP contribution in [0.2, 0.25) is 0 Å². The van der Waals surface area contributed by atoms with Crippen LogP contribution in [0.3, 0.4) is 0 Å². The van der Waals surface area contributed by atoms with E-state index in [1.165, 1.54) is 0 Å². The van der Waals surface area contributed by atoms with Crippen molar-refractivity contribution in [1.82, 2.24) is 9.88 Å². The molecule has 1 aromatic carbocycles. The summed E-state index contributed by atoms with van der Waals surface area (Å²) >= 11 is 0. The number of likely N-dealkylation sites (tertiary alicyclic amines) is 1. The van der Waals surface area contributed by atoms with Gasteiger partial charge in [0.15, 0.2) is 0 Å². The average Bonchev–Trinajstić information content (AvgIpc) is 2.72. The van der Waals surface area contributed by atoms with Crippen molar-refractivity contribution in [3.05, 3.63) is 59.9 Å². The highest BCUT2D eigenvalue weighted by molar-refractivity contribution is 5.87. The minimum atomic E-state index is -1.14. The molecule has 0 saturated carbocycles. The normalized spacial score (nSPS) is 15.8. The maximum atomic E-state index is 13.8. The number of rotatable bonds is 8. The molecule has 0 bridgehead atoms. The Morgan fingerprint density at radius 1 is 1.17 bits per heavy atom. The summed E-state index contributed by atoms with van der Waals surface area (Å²) in [5, 5.41) is 0. The van der Waals surface area contributed by atoms with Gasteiger partial charge in [-0.25, -0.2) is 14.2 Å². The molecule has 0 aliphatic carbocycles. The lowest BCUT2D eigenvalue weighted by Crippen LogP contribution is -2.41. The minimum absolute atomic E-state index is 0.194. The molecule has 0 atom stereocenters. The Morgan fingerprint density at radius 2 is 1.90 bits per heavy atom. The van der Waals surface area contributed by atoms with Gasteiger partial charge in [0, 0.05) is 12.7 Å².